The molecule has 4 rings (SSSR count). The van der Waals surface area contributed by atoms with Crippen molar-refractivity contribution in [2.24, 2.45) is 58.2 Å². The van der Waals surface area contributed by atoms with Crippen LogP contribution in [0.1, 0.15) is 86.0 Å². The number of aliphatic hydroxyl groups is 3. The molecule has 5 nitrogen and oxygen atoms in total. The minimum absolute atomic E-state index is 0.0631. The Morgan fingerprint density at radius 2 is 1.69 bits per heavy atom. The third-order valence-corrected chi connectivity index (χ3v) is 11.4. The standard InChI is InChI=1S/C27H46O5/c1-6-17-20-12-16(28)9-10-26(20,4)21-13-22(29)27(5)18(14(2)11-15(3)25(31)32)7-8-19(27)23(21)24(17)30/h14-24,28-30H,6-13H2,1-5H3,(H,31,32)/t14?,15?,16?,17?,18?,19?,20?,21?,22?,23?,24?,26-,27+/m0/s1. The van der Waals surface area contributed by atoms with Crippen LogP contribution < -0.4 is 0 Å². The first kappa shape index (κ1) is 24.5. The quantitative estimate of drug-likeness (QED) is 0.500. The molecule has 4 aliphatic rings. The topological polar surface area (TPSA) is 98.0 Å². The zero-order valence-electron chi connectivity index (χ0n) is 20.7. The Morgan fingerprint density at radius 3 is 2.31 bits per heavy atom. The molecule has 4 saturated carbocycles. The number of aliphatic carboxylic acids is 1. The second kappa shape index (κ2) is 8.53. The lowest BCUT2D eigenvalue weighted by Crippen LogP contribution is -2.65. The number of carbonyl (C=O) groups is 1. The van der Waals surface area contributed by atoms with Crippen LogP contribution in [0.5, 0.6) is 0 Å². The largest absolute Gasteiger partial charge is 0.481 e. The van der Waals surface area contributed by atoms with Crippen LogP contribution in [0.25, 0.3) is 0 Å². The summed E-state index contributed by atoms with van der Waals surface area (Å²) in [6.07, 6.45) is 5.85. The number of hydrogen-bond acceptors (Lipinski definition) is 4. The van der Waals surface area contributed by atoms with E-state index in [-0.39, 0.29) is 64.5 Å². The molecule has 184 valence electrons. The number of aliphatic hydroxyl groups excluding tert-OH is 3. The van der Waals surface area contributed by atoms with Gasteiger partial charge in [-0.15, -0.1) is 0 Å². The van der Waals surface area contributed by atoms with Gasteiger partial charge in [0.1, 0.15) is 0 Å². The third-order valence-electron chi connectivity index (χ3n) is 11.4. The number of carboxylic acids is 1. The molecule has 5 heteroatoms. The molecule has 0 spiro atoms. The van der Waals surface area contributed by atoms with Crippen LogP contribution in [0.15, 0.2) is 0 Å². The van der Waals surface area contributed by atoms with E-state index in [0.29, 0.717) is 12.3 Å². The van der Waals surface area contributed by atoms with Crippen molar-refractivity contribution >= 4 is 5.97 Å². The summed E-state index contributed by atoms with van der Waals surface area (Å²) in [4.78, 5) is 11.5. The van der Waals surface area contributed by atoms with Crippen LogP contribution in [0.4, 0.5) is 0 Å². The molecule has 11 unspecified atom stereocenters. The lowest BCUT2D eigenvalue weighted by molar-refractivity contribution is -0.228. The highest BCUT2D eigenvalue weighted by atomic mass is 16.4. The van der Waals surface area contributed by atoms with Gasteiger partial charge in [0.25, 0.3) is 0 Å². The fourth-order valence-electron chi connectivity index (χ4n) is 9.71. The average molecular weight is 451 g/mol. The van der Waals surface area contributed by atoms with Crippen molar-refractivity contribution in [2.45, 2.75) is 104 Å². The van der Waals surface area contributed by atoms with Gasteiger partial charge in [-0.05, 0) is 97.2 Å². The van der Waals surface area contributed by atoms with E-state index >= 15 is 0 Å². The second-order valence-corrected chi connectivity index (χ2v) is 12.6. The first-order valence-corrected chi connectivity index (χ1v) is 13.2. The first-order chi connectivity index (χ1) is 15.0. The number of fused-ring (bicyclic) bond motifs is 5. The maximum atomic E-state index is 11.8. The Labute approximate surface area is 194 Å². The van der Waals surface area contributed by atoms with E-state index < -0.39 is 12.1 Å². The van der Waals surface area contributed by atoms with E-state index in [1.165, 1.54) is 0 Å². The van der Waals surface area contributed by atoms with Gasteiger partial charge in [0.2, 0.25) is 0 Å². The molecule has 0 radical (unpaired) electrons. The van der Waals surface area contributed by atoms with Crippen LogP contribution >= 0.6 is 0 Å². The lowest BCUT2D eigenvalue weighted by Gasteiger charge is -2.65. The molecule has 0 aromatic rings. The predicted octanol–water partition coefficient (Wildman–Crippen LogP) is 4.33. The predicted molar refractivity (Wildman–Crippen MR) is 124 cm³/mol. The fraction of sp³-hybridized carbons (Fsp3) is 0.963. The van der Waals surface area contributed by atoms with E-state index in [0.717, 1.165) is 44.9 Å². The Hall–Kier alpha value is -0.650. The van der Waals surface area contributed by atoms with Gasteiger partial charge >= 0.3 is 5.97 Å². The Kier molecular flexibility index (Phi) is 6.53. The average Bonchev–Trinajstić information content (AvgIpc) is 3.09. The zero-order valence-corrected chi connectivity index (χ0v) is 20.7. The normalized spacial score (nSPS) is 52.4. The minimum atomic E-state index is -0.743. The molecule has 4 fully saturated rings. The number of hydrogen-bond donors (Lipinski definition) is 4. The van der Waals surface area contributed by atoms with Crippen molar-refractivity contribution in [1.82, 2.24) is 0 Å². The van der Waals surface area contributed by atoms with Gasteiger partial charge in [-0.2, -0.15) is 0 Å². The van der Waals surface area contributed by atoms with Gasteiger partial charge in [-0.3, -0.25) is 4.79 Å². The highest BCUT2D eigenvalue weighted by Gasteiger charge is 2.67. The Balaban J connectivity index is 1.66. The summed E-state index contributed by atoms with van der Waals surface area (Å²) in [5.74, 6) is 0.687. The van der Waals surface area contributed by atoms with Crippen molar-refractivity contribution in [3.8, 4) is 0 Å². The summed E-state index contributed by atoms with van der Waals surface area (Å²) < 4.78 is 0. The maximum Gasteiger partial charge on any atom is 0.306 e. The van der Waals surface area contributed by atoms with Gasteiger partial charge in [-0.25, -0.2) is 0 Å². The van der Waals surface area contributed by atoms with Gasteiger partial charge in [0.05, 0.1) is 24.2 Å². The fourth-order valence-corrected chi connectivity index (χ4v) is 9.71. The molecule has 0 aromatic carbocycles. The van der Waals surface area contributed by atoms with Gasteiger partial charge in [-0.1, -0.05) is 41.0 Å². The summed E-state index contributed by atoms with van der Waals surface area (Å²) in [6, 6.07) is 0. The van der Waals surface area contributed by atoms with Crippen LogP contribution in [0.2, 0.25) is 0 Å². The molecule has 32 heavy (non-hydrogen) atoms. The molecular formula is C27H46O5. The molecule has 0 aromatic heterocycles. The van der Waals surface area contributed by atoms with Crippen molar-refractivity contribution < 1.29 is 25.2 Å². The summed E-state index contributed by atoms with van der Waals surface area (Å²) in [5.41, 5.74) is -0.205. The van der Waals surface area contributed by atoms with Gasteiger partial charge in [0, 0.05) is 0 Å². The van der Waals surface area contributed by atoms with Crippen molar-refractivity contribution in [1.29, 1.82) is 0 Å². The maximum absolute atomic E-state index is 11.8. The summed E-state index contributed by atoms with van der Waals surface area (Å²) in [7, 11) is 0. The smallest absolute Gasteiger partial charge is 0.306 e. The third kappa shape index (κ3) is 3.48. The number of rotatable bonds is 5. The van der Waals surface area contributed by atoms with E-state index in [4.69, 9.17) is 0 Å². The van der Waals surface area contributed by atoms with E-state index in [1.54, 1.807) is 6.92 Å². The molecule has 4 N–H and O–H groups in total. The number of carboxylic acid groups (broad SMARTS) is 1. The van der Waals surface area contributed by atoms with Crippen molar-refractivity contribution in [3.63, 3.8) is 0 Å². The highest BCUT2D eigenvalue weighted by molar-refractivity contribution is 5.69. The van der Waals surface area contributed by atoms with Crippen LogP contribution in [0.3, 0.4) is 0 Å². The Bertz CT molecular complexity index is 710. The van der Waals surface area contributed by atoms with Crippen LogP contribution in [-0.4, -0.2) is 44.7 Å². The van der Waals surface area contributed by atoms with Gasteiger partial charge in [0.15, 0.2) is 0 Å². The SMILES string of the molecule is CCC1C(O)C2C(CC(O)[C@]3(C)C(C(C)CC(C)C(=O)O)CCC23)[C@@]2(C)CCC(O)CC12. The van der Waals surface area contributed by atoms with Crippen LogP contribution in [-0.2, 0) is 4.79 Å². The zero-order chi connectivity index (χ0) is 23.6. The van der Waals surface area contributed by atoms with Crippen molar-refractivity contribution in [3.05, 3.63) is 0 Å². The Morgan fingerprint density at radius 1 is 1.00 bits per heavy atom. The summed E-state index contributed by atoms with van der Waals surface area (Å²) in [5, 5.41) is 43.3. The summed E-state index contributed by atoms with van der Waals surface area (Å²) in [6.45, 7) is 10.8. The first-order valence-electron chi connectivity index (χ1n) is 13.2. The lowest BCUT2D eigenvalue weighted by atomic mass is 9.41. The monoisotopic (exact) mass is 450 g/mol. The molecule has 0 aliphatic heterocycles. The molecule has 4 aliphatic carbocycles. The summed E-state index contributed by atoms with van der Waals surface area (Å²) >= 11 is 0. The highest BCUT2D eigenvalue weighted by Crippen LogP contribution is 2.69. The molecular weight excluding hydrogens is 404 g/mol. The van der Waals surface area contributed by atoms with Gasteiger partial charge < -0.3 is 20.4 Å². The molecule has 0 amide bonds. The van der Waals surface area contributed by atoms with E-state index in [9.17, 15) is 25.2 Å². The minimum Gasteiger partial charge on any atom is -0.481 e. The second-order valence-electron chi connectivity index (χ2n) is 12.6. The molecule has 0 heterocycles. The van der Waals surface area contributed by atoms with E-state index in [2.05, 4.69) is 27.7 Å². The molecule has 0 bridgehead atoms. The van der Waals surface area contributed by atoms with E-state index in [1.807, 2.05) is 0 Å². The van der Waals surface area contributed by atoms with Crippen molar-refractivity contribution in [2.75, 3.05) is 0 Å². The van der Waals surface area contributed by atoms with Crippen LogP contribution in [0, 0.1) is 58.2 Å². The molecule has 0 saturated heterocycles. The molecule has 13 atom stereocenters.